The summed E-state index contributed by atoms with van der Waals surface area (Å²) in [4.78, 5) is 57.7. The van der Waals surface area contributed by atoms with E-state index in [0.717, 1.165) is 11.1 Å². The van der Waals surface area contributed by atoms with Crippen LogP contribution in [0.4, 0.5) is 0 Å². The molecule has 0 fully saturated rings. The van der Waals surface area contributed by atoms with Crippen molar-refractivity contribution in [2.24, 2.45) is 0 Å². The molecular weight excluding hydrogens is 410 g/mol. The maximum atomic E-state index is 13.7. The third-order valence-corrected chi connectivity index (χ3v) is 5.16. The molecule has 0 saturated heterocycles. The molecule has 166 valence electrons. The minimum absolute atomic E-state index is 0.00591. The van der Waals surface area contributed by atoms with Crippen LogP contribution < -0.4 is 11.2 Å². The molecule has 0 radical (unpaired) electrons. The van der Waals surface area contributed by atoms with Crippen molar-refractivity contribution >= 4 is 11.8 Å². The Bertz CT molecular complexity index is 1300. The van der Waals surface area contributed by atoms with Crippen LogP contribution in [-0.2, 0) is 11.3 Å². The maximum absolute atomic E-state index is 13.7. The lowest BCUT2D eigenvalue weighted by Crippen LogP contribution is -2.38. The first-order valence-electron chi connectivity index (χ1n) is 10.1. The molecule has 1 N–H and O–H groups in total. The van der Waals surface area contributed by atoms with E-state index in [0.29, 0.717) is 11.1 Å². The second-order valence-electron chi connectivity index (χ2n) is 7.99. The van der Waals surface area contributed by atoms with Crippen LogP contribution in [0.25, 0.3) is 0 Å². The number of methoxy groups -OCH3 is 1. The van der Waals surface area contributed by atoms with Gasteiger partial charge in [0.15, 0.2) is 0 Å². The second kappa shape index (κ2) is 9.13. The number of carbonyl (C=O) groups excluding carboxylic acids is 2. The van der Waals surface area contributed by atoms with Crippen LogP contribution in [0.15, 0.2) is 46.2 Å². The molecule has 0 aliphatic heterocycles. The number of aromatic nitrogens is 3. The van der Waals surface area contributed by atoms with Crippen LogP contribution in [0.3, 0.4) is 0 Å². The van der Waals surface area contributed by atoms with Crippen LogP contribution >= 0.6 is 0 Å². The second-order valence-corrected chi connectivity index (χ2v) is 7.99. The van der Waals surface area contributed by atoms with E-state index in [-0.39, 0.29) is 29.3 Å². The number of carbonyl (C=O) groups is 2. The van der Waals surface area contributed by atoms with E-state index in [1.54, 1.807) is 32.0 Å². The van der Waals surface area contributed by atoms with Crippen LogP contribution in [0.2, 0.25) is 0 Å². The summed E-state index contributed by atoms with van der Waals surface area (Å²) in [6.45, 7) is 7.19. The highest BCUT2D eigenvalue weighted by Gasteiger charge is 2.26. The summed E-state index contributed by atoms with van der Waals surface area (Å²) in [6, 6.07) is 6.96. The van der Waals surface area contributed by atoms with Gasteiger partial charge in [0.1, 0.15) is 5.69 Å². The lowest BCUT2D eigenvalue weighted by molar-refractivity contribution is 0.0598. The molecule has 2 aromatic heterocycles. The Kier molecular flexibility index (Phi) is 6.53. The molecule has 0 saturated carbocycles. The first kappa shape index (κ1) is 22.9. The number of nitrogens with one attached hydrogen (secondary N) is 1. The number of rotatable bonds is 6. The van der Waals surface area contributed by atoms with E-state index in [1.165, 1.54) is 24.1 Å². The van der Waals surface area contributed by atoms with Crippen molar-refractivity contribution in [1.82, 2.24) is 14.5 Å². The van der Waals surface area contributed by atoms with Gasteiger partial charge in [-0.15, -0.1) is 0 Å². The third-order valence-electron chi connectivity index (χ3n) is 5.16. The fourth-order valence-corrected chi connectivity index (χ4v) is 3.79. The molecule has 0 aliphatic carbocycles. The molecule has 0 spiro atoms. The molecule has 2 heterocycles. The predicted molar refractivity (Wildman–Crippen MR) is 119 cm³/mol. The molecule has 1 aromatic carbocycles. The summed E-state index contributed by atoms with van der Waals surface area (Å²) < 4.78 is 6.02. The number of H-pyrrole nitrogens is 1. The number of esters is 1. The summed E-state index contributed by atoms with van der Waals surface area (Å²) in [5.74, 6) is -1.37. The summed E-state index contributed by atoms with van der Waals surface area (Å²) in [6.07, 6.45) is 2.82. The molecule has 3 aromatic rings. The molecule has 3 rings (SSSR count). The Labute approximate surface area is 184 Å². The molecule has 0 aliphatic rings. The number of aromatic amines is 1. The van der Waals surface area contributed by atoms with Gasteiger partial charge in [-0.2, -0.15) is 0 Å². The van der Waals surface area contributed by atoms with Gasteiger partial charge in [-0.1, -0.05) is 31.0 Å². The van der Waals surface area contributed by atoms with Crippen molar-refractivity contribution in [3.8, 4) is 0 Å². The quantitative estimate of drug-likeness (QED) is 0.471. The number of aryl methyl sites for hydroxylation is 2. The van der Waals surface area contributed by atoms with E-state index in [9.17, 15) is 19.2 Å². The number of ether oxygens (including phenoxy) is 1. The average molecular weight is 435 g/mol. The maximum Gasteiger partial charge on any atom is 0.339 e. The smallest absolute Gasteiger partial charge is 0.339 e. The van der Waals surface area contributed by atoms with Crippen molar-refractivity contribution in [1.29, 1.82) is 0 Å². The van der Waals surface area contributed by atoms with Crippen LogP contribution in [0.1, 0.15) is 68.4 Å². The molecule has 8 nitrogen and oxygen atoms in total. The molecule has 0 bridgehead atoms. The topological polar surface area (TPSA) is 111 Å². The average Bonchev–Trinajstić information content (AvgIpc) is 2.73. The molecule has 32 heavy (non-hydrogen) atoms. The molecule has 0 atom stereocenters. The number of ketones is 1. The first-order chi connectivity index (χ1) is 15.1. The van der Waals surface area contributed by atoms with E-state index in [2.05, 4.69) is 9.97 Å². The van der Waals surface area contributed by atoms with Crippen LogP contribution in [0.5, 0.6) is 0 Å². The number of benzene rings is 1. The van der Waals surface area contributed by atoms with Crippen molar-refractivity contribution in [2.45, 2.75) is 40.2 Å². The minimum Gasteiger partial charge on any atom is -0.465 e. The van der Waals surface area contributed by atoms with E-state index >= 15 is 0 Å². The predicted octanol–water partition coefficient (Wildman–Crippen LogP) is 2.74. The summed E-state index contributed by atoms with van der Waals surface area (Å²) in [5.41, 5.74) is 1.64. The first-order valence-corrected chi connectivity index (χ1v) is 10.1. The highest BCUT2D eigenvalue weighted by atomic mass is 16.5. The van der Waals surface area contributed by atoms with Gasteiger partial charge < -0.3 is 4.74 Å². The number of nitrogens with zero attached hydrogens (tertiary/aromatic N) is 2. The third kappa shape index (κ3) is 4.44. The lowest BCUT2D eigenvalue weighted by Gasteiger charge is -2.18. The summed E-state index contributed by atoms with van der Waals surface area (Å²) >= 11 is 0. The molecule has 0 unspecified atom stereocenters. The van der Waals surface area contributed by atoms with E-state index < -0.39 is 23.0 Å². The summed E-state index contributed by atoms with van der Waals surface area (Å²) in [7, 11) is 1.25. The van der Waals surface area contributed by atoms with Crippen molar-refractivity contribution < 1.29 is 14.3 Å². The fraction of sp³-hybridized carbons (Fsp3) is 0.292. The largest absolute Gasteiger partial charge is 0.465 e. The van der Waals surface area contributed by atoms with Crippen molar-refractivity contribution in [3.05, 3.63) is 96.6 Å². The highest BCUT2D eigenvalue weighted by molar-refractivity contribution is 6.09. The molecular formula is C24H25N3O5. The summed E-state index contributed by atoms with van der Waals surface area (Å²) in [5, 5.41) is 0. The fourth-order valence-electron chi connectivity index (χ4n) is 3.79. The molecule has 0 amide bonds. The van der Waals surface area contributed by atoms with Gasteiger partial charge >= 0.3 is 11.7 Å². The standard InChI is InChI=1S/C24H25N3O5/c1-13(2)19-20(21(28)17-9-14(3)8-15(4)10-17)27(24(31)26-22(19)29)12-16-6-7-25-11-18(16)23(30)32-5/h6-11,13H,12H2,1-5H3,(H,26,29,31). The zero-order valence-electron chi connectivity index (χ0n) is 18.7. The van der Waals surface area contributed by atoms with E-state index in [4.69, 9.17) is 4.74 Å². The van der Waals surface area contributed by atoms with Gasteiger partial charge in [-0.3, -0.25) is 24.1 Å². The normalized spacial score (nSPS) is 10.9. The lowest BCUT2D eigenvalue weighted by atomic mass is 9.95. The number of hydrogen-bond donors (Lipinski definition) is 1. The van der Waals surface area contributed by atoms with Gasteiger partial charge in [-0.05, 0) is 43.5 Å². The monoisotopic (exact) mass is 435 g/mol. The zero-order valence-corrected chi connectivity index (χ0v) is 18.7. The van der Waals surface area contributed by atoms with Gasteiger partial charge in [0.05, 0.1) is 19.2 Å². The van der Waals surface area contributed by atoms with Crippen molar-refractivity contribution in [2.75, 3.05) is 7.11 Å². The Morgan fingerprint density at radius 2 is 1.78 bits per heavy atom. The van der Waals surface area contributed by atoms with Gasteiger partial charge in [-0.25, -0.2) is 9.59 Å². The van der Waals surface area contributed by atoms with Crippen molar-refractivity contribution in [3.63, 3.8) is 0 Å². The highest BCUT2D eigenvalue weighted by Crippen LogP contribution is 2.21. The number of pyridine rings is 1. The number of hydrogen-bond acceptors (Lipinski definition) is 6. The Balaban J connectivity index is 2.30. The van der Waals surface area contributed by atoms with E-state index in [1.807, 2.05) is 19.9 Å². The Hall–Kier alpha value is -3.81. The minimum atomic E-state index is -0.736. The van der Waals surface area contributed by atoms with Gasteiger partial charge in [0.2, 0.25) is 5.78 Å². The van der Waals surface area contributed by atoms with Gasteiger partial charge in [0, 0.05) is 23.5 Å². The molecule has 8 heteroatoms. The van der Waals surface area contributed by atoms with Crippen LogP contribution in [0, 0.1) is 13.8 Å². The Morgan fingerprint density at radius 3 is 2.38 bits per heavy atom. The SMILES string of the molecule is COC(=O)c1cnccc1Cn1c(C(=O)c2cc(C)cc(C)c2)c(C(C)C)c(=O)[nH]c1=O. The van der Waals surface area contributed by atoms with Gasteiger partial charge in [0.25, 0.3) is 5.56 Å². The Morgan fingerprint density at radius 1 is 1.12 bits per heavy atom. The van der Waals surface area contributed by atoms with Crippen LogP contribution in [-0.4, -0.2) is 33.4 Å². The zero-order chi connectivity index (χ0) is 23.6.